The summed E-state index contributed by atoms with van der Waals surface area (Å²) in [5.41, 5.74) is 6.54. The van der Waals surface area contributed by atoms with Crippen LogP contribution in [0.15, 0.2) is 97.1 Å². The smallest absolute Gasteiger partial charge is 0.0484 e. The lowest BCUT2D eigenvalue weighted by Gasteiger charge is -2.16. The number of hydrogen-bond acceptors (Lipinski definition) is 0. The highest BCUT2D eigenvalue weighted by atomic mass is 35.5. The van der Waals surface area contributed by atoms with Gasteiger partial charge in [-0.05, 0) is 34.4 Å². The standard InChI is InChI=1S/C24H16Cl2/c25-23-15-7-5-13-21(23)19-11-3-1-9-17(19)18-10-2-4-12-20(18)22-14-6-8-16-24(22)26/h1-16H. The maximum Gasteiger partial charge on any atom is 0.0484 e. The number of halogens is 2. The molecule has 0 amide bonds. The predicted octanol–water partition coefficient (Wildman–Crippen LogP) is 7.99. The Labute approximate surface area is 163 Å². The maximum atomic E-state index is 6.48. The molecule has 0 N–H and O–H groups in total. The molecule has 0 aliphatic heterocycles. The number of rotatable bonds is 3. The summed E-state index contributed by atoms with van der Waals surface area (Å²) in [5, 5.41) is 1.49. The van der Waals surface area contributed by atoms with Gasteiger partial charge < -0.3 is 0 Å². The van der Waals surface area contributed by atoms with Gasteiger partial charge in [0.15, 0.2) is 0 Å². The molecule has 0 saturated heterocycles. The van der Waals surface area contributed by atoms with E-state index in [1.807, 2.05) is 48.5 Å². The van der Waals surface area contributed by atoms with Crippen molar-refractivity contribution in [3.63, 3.8) is 0 Å². The van der Waals surface area contributed by atoms with E-state index in [0.29, 0.717) is 0 Å². The van der Waals surface area contributed by atoms with Crippen molar-refractivity contribution in [1.82, 2.24) is 0 Å². The molecule has 26 heavy (non-hydrogen) atoms. The summed E-state index contributed by atoms with van der Waals surface area (Å²) in [6.07, 6.45) is 0. The van der Waals surface area contributed by atoms with Gasteiger partial charge >= 0.3 is 0 Å². The van der Waals surface area contributed by atoms with Crippen molar-refractivity contribution in [2.45, 2.75) is 0 Å². The summed E-state index contributed by atoms with van der Waals surface area (Å²) in [6.45, 7) is 0. The molecule has 0 aromatic heterocycles. The van der Waals surface area contributed by atoms with Gasteiger partial charge in [0, 0.05) is 21.2 Å². The highest BCUT2D eigenvalue weighted by Crippen LogP contribution is 2.41. The molecule has 0 bridgehead atoms. The highest BCUT2D eigenvalue weighted by Gasteiger charge is 2.14. The van der Waals surface area contributed by atoms with E-state index < -0.39 is 0 Å². The molecule has 126 valence electrons. The fourth-order valence-electron chi connectivity index (χ4n) is 3.26. The van der Waals surface area contributed by atoms with E-state index in [0.717, 1.165) is 43.4 Å². The maximum absolute atomic E-state index is 6.48. The van der Waals surface area contributed by atoms with E-state index in [4.69, 9.17) is 23.2 Å². The monoisotopic (exact) mass is 374 g/mol. The fourth-order valence-corrected chi connectivity index (χ4v) is 3.74. The van der Waals surface area contributed by atoms with Gasteiger partial charge in [0.2, 0.25) is 0 Å². The Morgan fingerprint density at radius 2 is 0.538 bits per heavy atom. The largest absolute Gasteiger partial charge is 0.0837 e. The first-order valence-electron chi connectivity index (χ1n) is 8.44. The molecule has 0 unspecified atom stereocenters. The molecule has 0 nitrogen and oxygen atoms in total. The summed E-state index contributed by atoms with van der Waals surface area (Å²) < 4.78 is 0. The molecule has 0 heterocycles. The second-order valence-electron chi connectivity index (χ2n) is 6.05. The summed E-state index contributed by atoms with van der Waals surface area (Å²) in [7, 11) is 0. The van der Waals surface area contributed by atoms with Crippen molar-refractivity contribution in [3.05, 3.63) is 107 Å². The summed E-state index contributed by atoms with van der Waals surface area (Å²) >= 11 is 13.0. The zero-order valence-electron chi connectivity index (χ0n) is 14.0. The molecular weight excluding hydrogens is 359 g/mol. The lowest BCUT2D eigenvalue weighted by atomic mass is 9.89. The molecule has 2 heteroatoms. The minimum Gasteiger partial charge on any atom is -0.0837 e. The fraction of sp³-hybridized carbons (Fsp3) is 0. The molecular formula is C24H16Cl2. The SMILES string of the molecule is Clc1ccccc1-c1ccccc1-c1ccccc1-c1ccccc1Cl. The molecule has 0 aliphatic rings. The molecule has 0 fully saturated rings. The van der Waals surface area contributed by atoms with Gasteiger partial charge in [0.25, 0.3) is 0 Å². The minimum atomic E-state index is 0.746. The minimum absolute atomic E-state index is 0.746. The van der Waals surface area contributed by atoms with Crippen LogP contribution in [0.4, 0.5) is 0 Å². The quantitative estimate of drug-likeness (QED) is 0.340. The van der Waals surface area contributed by atoms with Crippen LogP contribution in [0.25, 0.3) is 33.4 Å². The van der Waals surface area contributed by atoms with Crippen molar-refractivity contribution < 1.29 is 0 Å². The molecule has 0 saturated carbocycles. The average molecular weight is 375 g/mol. The van der Waals surface area contributed by atoms with Crippen molar-refractivity contribution in [2.75, 3.05) is 0 Å². The first-order valence-corrected chi connectivity index (χ1v) is 9.19. The first-order chi connectivity index (χ1) is 12.8. The van der Waals surface area contributed by atoms with E-state index in [2.05, 4.69) is 48.5 Å². The molecule has 4 aromatic rings. The second-order valence-corrected chi connectivity index (χ2v) is 6.87. The third-order valence-corrected chi connectivity index (χ3v) is 5.13. The van der Waals surface area contributed by atoms with Crippen LogP contribution in [0.3, 0.4) is 0 Å². The summed E-state index contributed by atoms with van der Waals surface area (Å²) in [5.74, 6) is 0. The Morgan fingerprint density at radius 3 is 0.846 bits per heavy atom. The summed E-state index contributed by atoms with van der Waals surface area (Å²) in [6, 6.07) is 32.6. The third kappa shape index (κ3) is 3.14. The van der Waals surface area contributed by atoms with Crippen LogP contribution in [0.2, 0.25) is 10.0 Å². The van der Waals surface area contributed by atoms with Crippen LogP contribution < -0.4 is 0 Å². The average Bonchev–Trinajstić information content (AvgIpc) is 2.69. The zero-order valence-corrected chi connectivity index (χ0v) is 15.5. The summed E-state index contributed by atoms with van der Waals surface area (Å²) in [4.78, 5) is 0. The van der Waals surface area contributed by atoms with Gasteiger partial charge in [-0.25, -0.2) is 0 Å². The molecule has 0 radical (unpaired) electrons. The van der Waals surface area contributed by atoms with Crippen LogP contribution in [0, 0.1) is 0 Å². The molecule has 0 aliphatic carbocycles. The van der Waals surface area contributed by atoms with Crippen LogP contribution in [0.1, 0.15) is 0 Å². The Kier molecular flexibility index (Phi) is 4.79. The Hall–Kier alpha value is -2.54. The van der Waals surface area contributed by atoms with Crippen molar-refractivity contribution >= 4 is 23.2 Å². The molecule has 4 aromatic carbocycles. The number of benzene rings is 4. The van der Waals surface area contributed by atoms with Crippen molar-refractivity contribution in [3.8, 4) is 33.4 Å². The molecule has 0 spiro atoms. The van der Waals surface area contributed by atoms with Gasteiger partial charge in [0.05, 0.1) is 0 Å². The van der Waals surface area contributed by atoms with E-state index in [1.54, 1.807) is 0 Å². The lowest BCUT2D eigenvalue weighted by Crippen LogP contribution is -1.90. The van der Waals surface area contributed by atoms with Gasteiger partial charge in [0.1, 0.15) is 0 Å². The van der Waals surface area contributed by atoms with Gasteiger partial charge in [-0.15, -0.1) is 0 Å². The van der Waals surface area contributed by atoms with Crippen LogP contribution in [0.5, 0.6) is 0 Å². The van der Waals surface area contributed by atoms with E-state index in [9.17, 15) is 0 Å². The normalized spacial score (nSPS) is 10.7. The van der Waals surface area contributed by atoms with Gasteiger partial charge in [-0.3, -0.25) is 0 Å². The lowest BCUT2D eigenvalue weighted by molar-refractivity contribution is 1.56. The highest BCUT2D eigenvalue weighted by molar-refractivity contribution is 6.34. The van der Waals surface area contributed by atoms with E-state index in [-0.39, 0.29) is 0 Å². The Morgan fingerprint density at radius 1 is 0.308 bits per heavy atom. The first kappa shape index (κ1) is 16.9. The van der Waals surface area contributed by atoms with Crippen molar-refractivity contribution in [2.24, 2.45) is 0 Å². The molecule has 4 rings (SSSR count). The predicted molar refractivity (Wildman–Crippen MR) is 113 cm³/mol. The van der Waals surface area contributed by atoms with Crippen LogP contribution >= 0.6 is 23.2 Å². The van der Waals surface area contributed by atoms with Crippen molar-refractivity contribution in [1.29, 1.82) is 0 Å². The van der Waals surface area contributed by atoms with Gasteiger partial charge in [-0.2, -0.15) is 0 Å². The van der Waals surface area contributed by atoms with E-state index >= 15 is 0 Å². The second kappa shape index (κ2) is 7.37. The molecule has 0 atom stereocenters. The number of hydrogen-bond donors (Lipinski definition) is 0. The topological polar surface area (TPSA) is 0 Å². The zero-order chi connectivity index (χ0) is 17.9. The Bertz CT molecular complexity index is 980. The van der Waals surface area contributed by atoms with Gasteiger partial charge in [-0.1, -0.05) is 108 Å². The third-order valence-electron chi connectivity index (χ3n) is 4.47. The van der Waals surface area contributed by atoms with Crippen LogP contribution in [-0.2, 0) is 0 Å². The van der Waals surface area contributed by atoms with Crippen LogP contribution in [-0.4, -0.2) is 0 Å². The van der Waals surface area contributed by atoms with E-state index in [1.165, 1.54) is 0 Å². The Balaban J connectivity index is 1.97.